The molecule has 0 unspecified atom stereocenters. The standard InChI is InChI=1S/C11H18N2/c1-9-7-12-10(13-8-9)5-6-11(2,3)4/h7-8H,5-6H2,1-4H3. The molecule has 2 heteroatoms. The van der Waals surface area contributed by atoms with Gasteiger partial charge in [0.15, 0.2) is 0 Å². The lowest BCUT2D eigenvalue weighted by Gasteiger charge is -2.16. The van der Waals surface area contributed by atoms with Gasteiger partial charge in [0.2, 0.25) is 0 Å². The van der Waals surface area contributed by atoms with E-state index in [2.05, 4.69) is 30.7 Å². The molecule has 0 aromatic carbocycles. The van der Waals surface area contributed by atoms with E-state index in [0.29, 0.717) is 5.41 Å². The topological polar surface area (TPSA) is 25.8 Å². The number of aromatic nitrogens is 2. The van der Waals surface area contributed by atoms with Gasteiger partial charge in [-0.1, -0.05) is 20.8 Å². The zero-order chi connectivity index (χ0) is 9.90. The lowest BCUT2D eigenvalue weighted by molar-refractivity contribution is 0.374. The quantitative estimate of drug-likeness (QED) is 0.696. The summed E-state index contributed by atoms with van der Waals surface area (Å²) in [6.45, 7) is 8.72. The SMILES string of the molecule is Cc1cnc(CCC(C)(C)C)nc1. The molecule has 0 saturated heterocycles. The summed E-state index contributed by atoms with van der Waals surface area (Å²) in [5, 5.41) is 0. The maximum absolute atomic E-state index is 4.27. The van der Waals surface area contributed by atoms with Crippen LogP contribution >= 0.6 is 0 Å². The Labute approximate surface area is 80.4 Å². The largest absolute Gasteiger partial charge is 0.241 e. The summed E-state index contributed by atoms with van der Waals surface area (Å²) in [6.07, 6.45) is 5.87. The van der Waals surface area contributed by atoms with Gasteiger partial charge in [-0.15, -0.1) is 0 Å². The van der Waals surface area contributed by atoms with Crippen molar-refractivity contribution in [2.45, 2.75) is 40.5 Å². The zero-order valence-corrected chi connectivity index (χ0v) is 8.96. The molecule has 1 aromatic heterocycles. The molecule has 0 N–H and O–H groups in total. The number of aryl methyl sites for hydroxylation is 2. The molecule has 0 aliphatic heterocycles. The second kappa shape index (κ2) is 3.86. The first-order valence-electron chi connectivity index (χ1n) is 4.75. The highest BCUT2D eigenvalue weighted by Gasteiger charge is 2.10. The van der Waals surface area contributed by atoms with E-state index in [1.165, 1.54) is 0 Å². The molecule has 1 aromatic rings. The fourth-order valence-electron chi connectivity index (χ4n) is 1.04. The van der Waals surface area contributed by atoms with Crippen LogP contribution in [0, 0.1) is 12.3 Å². The van der Waals surface area contributed by atoms with Crippen molar-refractivity contribution in [3.05, 3.63) is 23.8 Å². The molecule has 1 rings (SSSR count). The lowest BCUT2D eigenvalue weighted by Crippen LogP contribution is -2.08. The molecule has 0 saturated carbocycles. The number of hydrogen-bond acceptors (Lipinski definition) is 2. The molecule has 0 aliphatic carbocycles. The van der Waals surface area contributed by atoms with Gasteiger partial charge in [0, 0.05) is 18.8 Å². The maximum Gasteiger partial charge on any atom is 0.128 e. The molecule has 0 bridgehead atoms. The first-order valence-corrected chi connectivity index (χ1v) is 4.75. The zero-order valence-electron chi connectivity index (χ0n) is 8.96. The van der Waals surface area contributed by atoms with E-state index in [1.54, 1.807) is 0 Å². The van der Waals surface area contributed by atoms with Gasteiger partial charge in [-0.05, 0) is 24.3 Å². The van der Waals surface area contributed by atoms with Crippen LogP contribution in [0.25, 0.3) is 0 Å². The van der Waals surface area contributed by atoms with E-state index in [-0.39, 0.29) is 0 Å². The van der Waals surface area contributed by atoms with Crippen LogP contribution in [0.5, 0.6) is 0 Å². The summed E-state index contributed by atoms with van der Waals surface area (Å²) in [4.78, 5) is 8.54. The molecule has 0 radical (unpaired) electrons. The predicted octanol–water partition coefficient (Wildman–Crippen LogP) is 2.76. The Hall–Kier alpha value is -0.920. The molecule has 72 valence electrons. The van der Waals surface area contributed by atoms with Crippen molar-refractivity contribution in [3.63, 3.8) is 0 Å². The van der Waals surface area contributed by atoms with Gasteiger partial charge >= 0.3 is 0 Å². The Kier molecular flexibility index (Phi) is 3.02. The van der Waals surface area contributed by atoms with E-state index in [9.17, 15) is 0 Å². The Morgan fingerprint density at radius 2 is 1.69 bits per heavy atom. The van der Waals surface area contributed by atoms with Gasteiger partial charge < -0.3 is 0 Å². The molecule has 2 nitrogen and oxygen atoms in total. The molecule has 13 heavy (non-hydrogen) atoms. The number of nitrogens with zero attached hydrogens (tertiary/aromatic N) is 2. The lowest BCUT2D eigenvalue weighted by atomic mass is 9.90. The summed E-state index contributed by atoms with van der Waals surface area (Å²) >= 11 is 0. The van der Waals surface area contributed by atoms with Crippen molar-refractivity contribution in [1.29, 1.82) is 0 Å². The summed E-state index contributed by atoms with van der Waals surface area (Å²) in [5.74, 6) is 0.959. The van der Waals surface area contributed by atoms with Crippen LogP contribution < -0.4 is 0 Å². The van der Waals surface area contributed by atoms with Gasteiger partial charge in [0.25, 0.3) is 0 Å². The minimum atomic E-state index is 0.369. The van der Waals surface area contributed by atoms with Crippen LogP contribution in [0.1, 0.15) is 38.6 Å². The van der Waals surface area contributed by atoms with E-state index in [1.807, 2.05) is 19.3 Å². The van der Waals surface area contributed by atoms with Crippen LogP contribution in [-0.4, -0.2) is 9.97 Å². The average molecular weight is 178 g/mol. The molecular formula is C11H18N2. The first kappa shape index (κ1) is 10.2. The minimum absolute atomic E-state index is 0.369. The maximum atomic E-state index is 4.27. The summed E-state index contributed by atoms with van der Waals surface area (Å²) < 4.78 is 0. The van der Waals surface area contributed by atoms with Gasteiger partial charge in [-0.2, -0.15) is 0 Å². The Morgan fingerprint density at radius 3 is 2.15 bits per heavy atom. The monoisotopic (exact) mass is 178 g/mol. The minimum Gasteiger partial charge on any atom is -0.241 e. The summed E-state index contributed by atoms with van der Waals surface area (Å²) in [5.41, 5.74) is 1.49. The second-order valence-electron chi connectivity index (χ2n) is 4.74. The molecule has 0 atom stereocenters. The van der Waals surface area contributed by atoms with Crippen LogP contribution in [-0.2, 0) is 6.42 Å². The first-order chi connectivity index (χ1) is 5.97. The van der Waals surface area contributed by atoms with Crippen molar-refractivity contribution >= 4 is 0 Å². The molecule has 0 fully saturated rings. The van der Waals surface area contributed by atoms with E-state index >= 15 is 0 Å². The number of hydrogen-bond donors (Lipinski definition) is 0. The molecule has 0 amide bonds. The highest BCUT2D eigenvalue weighted by molar-refractivity contribution is 5.01. The predicted molar refractivity (Wildman–Crippen MR) is 54.5 cm³/mol. The highest BCUT2D eigenvalue weighted by Crippen LogP contribution is 2.19. The molecular weight excluding hydrogens is 160 g/mol. The van der Waals surface area contributed by atoms with E-state index in [4.69, 9.17) is 0 Å². The van der Waals surface area contributed by atoms with Gasteiger partial charge in [0.05, 0.1) is 0 Å². The molecule has 0 spiro atoms. The van der Waals surface area contributed by atoms with Crippen LogP contribution in [0.15, 0.2) is 12.4 Å². The van der Waals surface area contributed by atoms with Crippen LogP contribution in [0.3, 0.4) is 0 Å². The van der Waals surface area contributed by atoms with Crippen molar-refractivity contribution in [2.24, 2.45) is 5.41 Å². The highest BCUT2D eigenvalue weighted by atomic mass is 14.9. The van der Waals surface area contributed by atoms with Gasteiger partial charge in [-0.3, -0.25) is 0 Å². The van der Waals surface area contributed by atoms with E-state index in [0.717, 1.165) is 24.2 Å². The van der Waals surface area contributed by atoms with Crippen molar-refractivity contribution in [3.8, 4) is 0 Å². The smallest absolute Gasteiger partial charge is 0.128 e. The fourth-order valence-corrected chi connectivity index (χ4v) is 1.04. The van der Waals surface area contributed by atoms with Gasteiger partial charge in [-0.25, -0.2) is 9.97 Å². The van der Waals surface area contributed by atoms with Crippen molar-refractivity contribution in [1.82, 2.24) is 9.97 Å². The Morgan fingerprint density at radius 1 is 1.15 bits per heavy atom. The van der Waals surface area contributed by atoms with E-state index < -0.39 is 0 Å². The normalized spacial score (nSPS) is 11.7. The van der Waals surface area contributed by atoms with Crippen LogP contribution in [0.4, 0.5) is 0 Å². The molecule has 0 aliphatic rings. The van der Waals surface area contributed by atoms with Crippen LogP contribution in [0.2, 0.25) is 0 Å². The third-order valence-electron chi connectivity index (χ3n) is 1.93. The second-order valence-corrected chi connectivity index (χ2v) is 4.74. The third kappa shape index (κ3) is 4.02. The summed E-state index contributed by atoms with van der Waals surface area (Å²) in [7, 11) is 0. The summed E-state index contributed by atoms with van der Waals surface area (Å²) in [6, 6.07) is 0. The molecule has 1 heterocycles. The van der Waals surface area contributed by atoms with Gasteiger partial charge in [0.1, 0.15) is 5.82 Å². The van der Waals surface area contributed by atoms with Crippen molar-refractivity contribution in [2.75, 3.05) is 0 Å². The third-order valence-corrected chi connectivity index (χ3v) is 1.93. The Bertz CT molecular complexity index is 256. The fraction of sp³-hybridized carbons (Fsp3) is 0.636. The number of rotatable bonds is 2. The Balaban J connectivity index is 2.51. The van der Waals surface area contributed by atoms with Crippen molar-refractivity contribution < 1.29 is 0 Å². The average Bonchev–Trinajstić information content (AvgIpc) is 2.02.